The Hall–Kier alpha value is -0.910. The van der Waals surface area contributed by atoms with E-state index in [9.17, 15) is 8.42 Å². The lowest BCUT2D eigenvalue weighted by atomic mass is 10.0. The Bertz CT molecular complexity index is 573. The molecule has 1 fully saturated rings. The second-order valence-electron chi connectivity index (χ2n) is 5.83. The smallest absolute Gasteiger partial charge is 0.243 e. The van der Waals surface area contributed by atoms with Gasteiger partial charge in [-0.05, 0) is 57.2 Å². The Balaban J connectivity index is 2.40. The highest BCUT2D eigenvalue weighted by atomic mass is 32.2. The fourth-order valence-corrected chi connectivity index (χ4v) is 5.11. The van der Waals surface area contributed by atoms with E-state index in [0.29, 0.717) is 24.5 Å². The molecule has 2 N–H and O–H groups in total. The molecule has 4 nitrogen and oxygen atoms in total. The molecule has 0 aliphatic carbocycles. The van der Waals surface area contributed by atoms with E-state index in [2.05, 4.69) is 0 Å². The third-order valence-electron chi connectivity index (χ3n) is 4.02. The lowest BCUT2D eigenvalue weighted by Gasteiger charge is -2.32. The summed E-state index contributed by atoms with van der Waals surface area (Å²) < 4.78 is 27.4. The topological polar surface area (TPSA) is 63.4 Å². The first kappa shape index (κ1) is 15.5. The van der Waals surface area contributed by atoms with E-state index < -0.39 is 10.0 Å². The van der Waals surface area contributed by atoms with Crippen molar-refractivity contribution in [3.8, 4) is 0 Å². The number of benzene rings is 1. The van der Waals surface area contributed by atoms with Gasteiger partial charge in [0.15, 0.2) is 0 Å². The molecule has 112 valence electrons. The van der Waals surface area contributed by atoms with Gasteiger partial charge in [-0.3, -0.25) is 0 Å². The van der Waals surface area contributed by atoms with Gasteiger partial charge in [-0.2, -0.15) is 4.31 Å². The van der Waals surface area contributed by atoms with Crippen molar-refractivity contribution in [2.75, 3.05) is 19.6 Å². The fraction of sp³-hybridized carbons (Fsp3) is 0.600. The van der Waals surface area contributed by atoms with Crippen molar-refractivity contribution >= 4 is 10.0 Å². The molecule has 0 radical (unpaired) electrons. The molecule has 1 aliphatic rings. The van der Waals surface area contributed by atoms with Crippen LogP contribution in [-0.4, -0.2) is 32.4 Å². The minimum absolute atomic E-state index is 0.282. The highest BCUT2D eigenvalue weighted by Crippen LogP contribution is 2.28. The Kier molecular flexibility index (Phi) is 4.52. The van der Waals surface area contributed by atoms with E-state index in [1.165, 1.54) is 0 Å². The molecule has 1 aromatic rings. The molecule has 1 heterocycles. The Morgan fingerprint density at radius 1 is 1.25 bits per heavy atom. The van der Waals surface area contributed by atoms with Gasteiger partial charge in [0.25, 0.3) is 0 Å². The van der Waals surface area contributed by atoms with E-state index in [0.717, 1.165) is 29.5 Å². The van der Waals surface area contributed by atoms with Gasteiger partial charge in [0.05, 0.1) is 4.90 Å². The average molecular weight is 296 g/mol. The first-order chi connectivity index (χ1) is 9.36. The summed E-state index contributed by atoms with van der Waals surface area (Å²) in [5.41, 5.74) is 8.46. The van der Waals surface area contributed by atoms with Crippen molar-refractivity contribution in [3.05, 3.63) is 28.8 Å². The number of nitrogens with two attached hydrogens (primary N) is 1. The van der Waals surface area contributed by atoms with Crippen LogP contribution in [0.15, 0.2) is 17.0 Å². The van der Waals surface area contributed by atoms with Crippen LogP contribution in [0.5, 0.6) is 0 Å². The summed E-state index contributed by atoms with van der Waals surface area (Å²) >= 11 is 0. The van der Waals surface area contributed by atoms with Gasteiger partial charge in [-0.15, -0.1) is 0 Å². The van der Waals surface area contributed by atoms with Crippen molar-refractivity contribution in [1.82, 2.24) is 4.31 Å². The summed E-state index contributed by atoms with van der Waals surface area (Å²) in [6.45, 7) is 7.44. The largest absolute Gasteiger partial charge is 0.330 e. The molecule has 1 unspecified atom stereocenters. The number of sulfonamides is 1. The molecule has 5 heteroatoms. The number of aryl methyl sites for hydroxylation is 3. The number of hydrogen-bond donors (Lipinski definition) is 1. The van der Waals surface area contributed by atoms with Crippen molar-refractivity contribution in [2.24, 2.45) is 11.7 Å². The normalized spacial score (nSPS) is 21.1. The molecular weight excluding hydrogens is 272 g/mol. The second kappa shape index (κ2) is 5.84. The van der Waals surface area contributed by atoms with Crippen LogP contribution in [0.3, 0.4) is 0 Å². The minimum Gasteiger partial charge on any atom is -0.330 e. The summed E-state index contributed by atoms with van der Waals surface area (Å²) in [6.07, 6.45) is 1.92. The number of rotatable bonds is 3. The molecule has 1 atom stereocenters. The molecule has 20 heavy (non-hydrogen) atoms. The molecule has 0 spiro atoms. The van der Waals surface area contributed by atoms with Crippen molar-refractivity contribution in [2.45, 2.75) is 38.5 Å². The van der Waals surface area contributed by atoms with Gasteiger partial charge in [0.1, 0.15) is 0 Å². The van der Waals surface area contributed by atoms with E-state index in [1.54, 1.807) is 4.31 Å². The predicted octanol–water partition coefficient (Wildman–Crippen LogP) is 1.97. The maximum Gasteiger partial charge on any atom is 0.243 e. The first-order valence-electron chi connectivity index (χ1n) is 7.14. The van der Waals surface area contributed by atoms with Gasteiger partial charge in [0.2, 0.25) is 10.0 Å². The minimum atomic E-state index is -3.41. The lowest BCUT2D eigenvalue weighted by Crippen LogP contribution is -2.42. The van der Waals surface area contributed by atoms with Crippen LogP contribution < -0.4 is 5.73 Å². The van der Waals surface area contributed by atoms with Crippen LogP contribution >= 0.6 is 0 Å². The van der Waals surface area contributed by atoms with Crippen molar-refractivity contribution in [3.63, 3.8) is 0 Å². The summed E-state index contributed by atoms with van der Waals surface area (Å²) in [7, 11) is -3.41. The van der Waals surface area contributed by atoms with Crippen LogP contribution in [0.2, 0.25) is 0 Å². The quantitative estimate of drug-likeness (QED) is 0.927. The molecule has 2 rings (SSSR count). The van der Waals surface area contributed by atoms with Crippen LogP contribution in [0.1, 0.15) is 29.5 Å². The van der Waals surface area contributed by atoms with Crippen LogP contribution in [-0.2, 0) is 10.0 Å². The van der Waals surface area contributed by atoms with Gasteiger partial charge < -0.3 is 5.73 Å². The predicted molar refractivity (Wildman–Crippen MR) is 81.2 cm³/mol. The number of piperidine rings is 1. The van der Waals surface area contributed by atoms with Crippen LogP contribution in [0.25, 0.3) is 0 Å². The lowest BCUT2D eigenvalue weighted by molar-refractivity contribution is 0.271. The zero-order valence-electron chi connectivity index (χ0n) is 12.5. The number of hydrogen-bond acceptors (Lipinski definition) is 3. The van der Waals surface area contributed by atoms with Gasteiger partial charge >= 0.3 is 0 Å². The molecule has 0 amide bonds. The summed E-state index contributed by atoms with van der Waals surface area (Å²) in [5, 5.41) is 0. The molecule has 1 saturated heterocycles. The SMILES string of the molecule is Cc1cc(C)c(S(=O)(=O)N2CCCC(CN)C2)c(C)c1. The van der Waals surface area contributed by atoms with E-state index in [-0.39, 0.29) is 5.92 Å². The zero-order chi connectivity index (χ0) is 14.9. The Morgan fingerprint density at radius 2 is 1.85 bits per heavy atom. The van der Waals surface area contributed by atoms with E-state index in [4.69, 9.17) is 5.73 Å². The van der Waals surface area contributed by atoms with Gasteiger partial charge in [-0.1, -0.05) is 17.7 Å². The second-order valence-corrected chi connectivity index (χ2v) is 7.71. The monoisotopic (exact) mass is 296 g/mol. The van der Waals surface area contributed by atoms with Crippen LogP contribution in [0.4, 0.5) is 0 Å². The highest BCUT2D eigenvalue weighted by molar-refractivity contribution is 7.89. The molecular formula is C15H24N2O2S. The van der Waals surface area contributed by atoms with Gasteiger partial charge in [0, 0.05) is 13.1 Å². The molecule has 1 aromatic carbocycles. The van der Waals surface area contributed by atoms with Crippen molar-refractivity contribution < 1.29 is 8.42 Å². The third-order valence-corrected chi connectivity index (χ3v) is 6.19. The third kappa shape index (κ3) is 2.90. The van der Waals surface area contributed by atoms with E-state index in [1.807, 2.05) is 32.9 Å². The van der Waals surface area contributed by atoms with Crippen molar-refractivity contribution in [1.29, 1.82) is 0 Å². The maximum absolute atomic E-state index is 12.9. The molecule has 0 bridgehead atoms. The van der Waals surface area contributed by atoms with Crippen LogP contribution in [0, 0.1) is 26.7 Å². The summed E-state index contributed by atoms with van der Waals surface area (Å²) in [6, 6.07) is 3.87. The average Bonchev–Trinajstić information content (AvgIpc) is 2.37. The Labute approximate surface area is 122 Å². The fourth-order valence-electron chi connectivity index (χ4n) is 3.14. The molecule has 1 aliphatic heterocycles. The Morgan fingerprint density at radius 3 is 2.40 bits per heavy atom. The number of nitrogens with zero attached hydrogens (tertiary/aromatic N) is 1. The van der Waals surface area contributed by atoms with Gasteiger partial charge in [-0.25, -0.2) is 8.42 Å². The standard InChI is InChI=1S/C15H24N2O2S/c1-11-7-12(2)15(13(3)8-11)20(18,19)17-6-4-5-14(9-16)10-17/h7-8,14H,4-6,9-10,16H2,1-3H3. The summed E-state index contributed by atoms with van der Waals surface area (Å²) in [4.78, 5) is 0.473. The summed E-state index contributed by atoms with van der Waals surface area (Å²) in [5.74, 6) is 0.282. The molecule has 0 saturated carbocycles. The maximum atomic E-state index is 12.9. The highest BCUT2D eigenvalue weighted by Gasteiger charge is 2.31. The molecule has 0 aromatic heterocycles. The zero-order valence-corrected chi connectivity index (χ0v) is 13.3. The van der Waals surface area contributed by atoms with E-state index >= 15 is 0 Å². The first-order valence-corrected chi connectivity index (χ1v) is 8.58.